The molecular formula is C27H29N3O3. The molecule has 0 aliphatic heterocycles. The van der Waals surface area contributed by atoms with Crippen LogP contribution in [0.25, 0.3) is 21.8 Å². The quantitative estimate of drug-likeness (QED) is 0.282. The van der Waals surface area contributed by atoms with Crippen molar-refractivity contribution >= 4 is 39.3 Å². The average molecular weight is 444 g/mol. The molecule has 1 N–H and O–H groups in total. The number of carbonyl (C=O) groups excluding carboxylic acids is 1. The number of anilines is 2. The van der Waals surface area contributed by atoms with Crippen molar-refractivity contribution in [3.8, 4) is 5.75 Å². The molecule has 0 unspecified atom stereocenters. The molecule has 0 aliphatic rings. The van der Waals surface area contributed by atoms with Crippen LogP contribution in [0.4, 0.5) is 16.2 Å². The van der Waals surface area contributed by atoms with Crippen LogP contribution in [-0.4, -0.2) is 31.0 Å². The average Bonchev–Trinajstić information content (AvgIpc) is 2.79. The Bertz CT molecular complexity index is 1300. The summed E-state index contributed by atoms with van der Waals surface area (Å²) in [5, 5.41) is 4.80. The van der Waals surface area contributed by atoms with Crippen LogP contribution in [0.3, 0.4) is 0 Å². The second-order valence-electron chi connectivity index (χ2n) is 8.43. The highest BCUT2D eigenvalue weighted by atomic mass is 16.6. The van der Waals surface area contributed by atoms with Crippen molar-refractivity contribution in [2.24, 2.45) is 0 Å². The molecule has 0 saturated carbocycles. The summed E-state index contributed by atoms with van der Waals surface area (Å²) in [6, 6.07) is 20.2. The normalized spacial score (nSPS) is 11.1. The van der Waals surface area contributed by atoms with Gasteiger partial charge < -0.3 is 19.7 Å². The van der Waals surface area contributed by atoms with Gasteiger partial charge in [0.05, 0.1) is 23.8 Å². The standard InChI is InChI=1S/C27H29N3O3/c1-17(2)28-27(31)33-16-30(21-9-7-6-8-10-21)26-19(4)25(32-5)15-24-22(26)14-20-13-18(3)11-12-23(20)29-24/h6-15,17H,16H2,1-5H3,(H,28,31). The Morgan fingerprint density at radius 2 is 1.79 bits per heavy atom. The van der Waals surface area contributed by atoms with E-state index in [1.807, 2.05) is 68.1 Å². The molecule has 0 radical (unpaired) electrons. The molecular weight excluding hydrogens is 414 g/mol. The molecule has 0 aliphatic carbocycles. The fourth-order valence-corrected chi connectivity index (χ4v) is 4.00. The van der Waals surface area contributed by atoms with E-state index in [1.165, 1.54) is 5.56 Å². The summed E-state index contributed by atoms with van der Waals surface area (Å²) in [6.45, 7) is 7.92. The van der Waals surface area contributed by atoms with Crippen LogP contribution in [0.5, 0.6) is 5.75 Å². The summed E-state index contributed by atoms with van der Waals surface area (Å²) in [5.41, 5.74) is 5.64. The lowest BCUT2D eigenvalue weighted by atomic mass is 10.0. The Kier molecular flexibility index (Phi) is 6.36. The largest absolute Gasteiger partial charge is 0.496 e. The lowest BCUT2D eigenvalue weighted by Gasteiger charge is -2.28. The van der Waals surface area contributed by atoms with Crippen molar-refractivity contribution in [3.05, 3.63) is 71.8 Å². The molecule has 33 heavy (non-hydrogen) atoms. The van der Waals surface area contributed by atoms with Gasteiger partial charge in [-0.2, -0.15) is 0 Å². The Morgan fingerprint density at radius 3 is 2.48 bits per heavy atom. The number of methoxy groups -OCH3 is 1. The first kappa shape index (κ1) is 22.4. The van der Waals surface area contributed by atoms with Gasteiger partial charge in [0, 0.05) is 34.1 Å². The summed E-state index contributed by atoms with van der Waals surface area (Å²) in [4.78, 5) is 19.2. The van der Waals surface area contributed by atoms with Gasteiger partial charge in [-0.1, -0.05) is 29.8 Å². The van der Waals surface area contributed by atoms with Gasteiger partial charge in [-0.3, -0.25) is 0 Å². The van der Waals surface area contributed by atoms with Crippen LogP contribution >= 0.6 is 0 Å². The van der Waals surface area contributed by atoms with Gasteiger partial charge >= 0.3 is 6.09 Å². The van der Waals surface area contributed by atoms with E-state index < -0.39 is 6.09 Å². The van der Waals surface area contributed by atoms with E-state index in [0.717, 1.165) is 44.5 Å². The maximum absolute atomic E-state index is 12.3. The smallest absolute Gasteiger partial charge is 0.409 e. The van der Waals surface area contributed by atoms with E-state index >= 15 is 0 Å². The van der Waals surface area contributed by atoms with Crippen LogP contribution < -0.4 is 15.0 Å². The zero-order chi connectivity index (χ0) is 23.5. The number of aromatic nitrogens is 1. The first-order valence-electron chi connectivity index (χ1n) is 11.0. The molecule has 1 aromatic heterocycles. The van der Waals surface area contributed by atoms with E-state index in [1.54, 1.807) is 7.11 Å². The van der Waals surface area contributed by atoms with E-state index in [9.17, 15) is 4.79 Å². The van der Waals surface area contributed by atoms with E-state index in [0.29, 0.717) is 0 Å². The number of para-hydroxylation sites is 1. The monoisotopic (exact) mass is 443 g/mol. The molecule has 0 bridgehead atoms. The van der Waals surface area contributed by atoms with Gasteiger partial charge in [-0.15, -0.1) is 0 Å². The highest BCUT2D eigenvalue weighted by Crippen LogP contribution is 2.40. The molecule has 1 heterocycles. The van der Waals surface area contributed by atoms with E-state index in [2.05, 4.69) is 30.4 Å². The molecule has 3 aromatic carbocycles. The number of carbonyl (C=O) groups is 1. The maximum atomic E-state index is 12.3. The molecule has 0 saturated heterocycles. The van der Waals surface area contributed by atoms with Gasteiger partial charge in [-0.05, 0) is 58.0 Å². The Hall–Kier alpha value is -3.80. The van der Waals surface area contributed by atoms with E-state index in [4.69, 9.17) is 14.5 Å². The second-order valence-corrected chi connectivity index (χ2v) is 8.43. The summed E-state index contributed by atoms with van der Waals surface area (Å²) in [7, 11) is 1.65. The first-order chi connectivity index (χ1) is 15.9. The minimum absolute atomic E-state index is 0.0131. The van der Waals surface area contributed by atoms with Crippen LogP contribution in [-0.2, 0) is 4.74 Å². The topological polar surface area (TPSA) is 63.7 Å². The van der Waals surface area contributed by atoms with Crippen molar-refractivity contribution in [2.45, 2.75) is 33.7 Å². The van der Waals surface area contributed by atoms with Gasteiger partial charge in [0.2, 0.25) is 0 Å². The zero-order valence-corrected chi connectivity index (χ0v) is 19.7. The van der Waals surface area contributed by atoms with Crippen molar-refractivity contribution in [1.29, 1.82) is 0 Å². The van der Waals surface area contributed by atoms with Gasteiger partial charge in [0.1, 0.15) is 5.75 Å². The van der Waals surface area contributed by atoms with Crippen molar-refractivity contribution in [3.63, 3.8) is 0 Å². The minimum atomic E-state index is -0.463. The van der Waals surface area contributed by atoms with E-state index in [-0.39, 0.29) is 12.8 Å². The third kappa shape index (κ3) is 4.70. The molecule has 6 nitrogen and oxygen atoms in total. The fraction of sp³-hybridized carbons (Fsp3) is 0.259. The number of ether oxygens (including phenoxy) is 2. The summed E-state index contributed by atoms with van der Waals surface area (Å²) in [6.07, 6.45) is -0.463. The van der Waals surface area contributed by atoms with Crippen molar-refractivity contribution in [2.75, 3.05) is 18.7 Å². The third-order valence-electron chi connectivity index (χ3n) is 5.54. The molecule has 170 valence electrons. The van der Waals surface area contributed by atoms with Crippen molar-refractivity contribution in [1.82, 2.24) is 10.3 Å². The molecule has 0 atom stereocenters. The van der Waals surface area contributed by atoms with Gasteiger partial charge in [0.25, 0.3) is 0 Å². The fourth-order valence-electron chi connectivity index (χ4n) is 4.00. The molecule has 1 amide bonds. The molecule has 6 heteroatoms. The molecule has 0 fully saturated rings. The number of nitrogens with zero attached hydrogens (tertiary/aromatic N) is 2. The molecule has 4 rings (SSSR count). The van der Waals surface area contributed by atoms with Crippen LogP contribution in [0.2, 0.25) is 0 Å². The Balaban J connectivity index is 1.92. The van der Waals surface area contributed by atoms with Gasteiger partial charge in [-0.25, -0.2) is 9.78 Å². The minimum Gasteiger partial charge on any atom is -0.496 e. The lowest BCUT2D eigenvalue weighted by Crippen LogP contribution is -2.34. The van der Waals surface area contributed by atoms with Crippen LogP contribution in [0.15, 0.2) is 60.7 Å². The number of hydrogen-bond donors (Lipinski definition) is 1. The Labute approximate surface area is 194 Å². The number of alkyl carbamates (subject to hydrolysis) is 1. The first-order valence-corrected chi connectivity index (χ1v) is 11.0. The molecule has 0 spiro atoms. The predicted octanol–water partition coefficient (Wildman–Crippen LogP) is 6.24. The number of amides is 1. The number of hydrogen-bond acceptors (Lipinski definition) is 5. The maximum Gasteiger partial charge on any atom is 0.409 e. The van der Waals surface area contributed by atoms with Crippen LogP contribution in [0, 0.1) is 13.8 Å². The number of rotatable bonds is 6. The lowest BCUT2D eigenvalue weighted by molar-refractivity contribution is 0.146. The number of nitrogens with one attached hydrogen (secondary N) is 1. The third-order valence-corrected chi connectivity index (χ3v) is 5.54. The number of aryl methyl sites for hydroxylation is 1. The van der Waals surface area contributed by atoms with Crippen molar-refractivity contribution < 1.29 is 14.3 Å². The van der Waals surface area contributed by atoms with Crippen LogP contribution in [0.1, 0.15) is 25.0 Å². The molecule has 4 aromatic rings. The van der Waals surface area contributed by atoms with Gasteiger partial charge in [0.15, 0.2) is 6.73 Å². The Morgan fingerprint density at radius 1 is 1.03 bits per heavy atom. The SMILES string of the molecule is COc1cc2nc3ccc(C)cc3cc2c(N(COC(=O)NC(C)C)c2ccccc2)c1C. The summed E-state index contributed by atoms with van der Waals surface area (Å²) >= 11 is 0. The summed E-state index contributed by atoms with van der Waals surface area (Å²) < 4.78 is 11.3. The highest BCUT2D eigenvalue weighted by Gasteiger charge is 2.21. The predicted molar refractivity (Wildman–Crippen MR) is 133 cm³/mol. The highest BCUT2D eigenvalue weighted by molar-refractivity contribution is 6.03. The zero-order valence-electron chi connectivity index (χ0n) is 19.7. The number of benzene rings is 3. The second kappa shape index (κ2) is 9.36. The number of pyridine rings is 1. The number of fused-ring (bicyclic) bond motifs is 2. The summed E-state index contributed by atoms with van der Waals surface area (Å²) in [5.74, 6) is 0.726.